The molecule has 186 valence electrons. The van der Waals surface area contributed by atoms with Crippen molar-refractivity contribution in [2.45, 2.75) is 75.3 Å². The summed E-state index contributed by atoms with van der Waals surface area (Å²) in [5, 5.41) is 12.2. The van der Waals surface area contributed by atoms with Gasteiger partial charge in [-0.25, -0.2) is 0 Å². The Morgan fingerprint density at radius 1 is 1.24 bits per heavy atom. The Morgan fingerprint density at radius 3 is 2.74 bits per heavy atom. The van der Waals surface area contributed by atoms with Crippen LogP contribution in [-0.2, 0) is 19.1 Å². The van der Waals surface area contributed by atoms with Crippen molar-refractivity contribution in [1.29, 1.82) is 0 Å². The highest BCUT2D eigenvalue weighted by atomic mass is 32.2. The average Bonchev–Trinajstić information content (AvgIpc) is 3.44. The number of fused-ring (bicyclic) bond motifs is 1. The lowest BCUT2D eigenvalue weighted by Crippen LogP contribution is -2.51. The van der Waals surface area contributed by atoms with Crippen molar-refractivity contribution in [3.05, 3.63) is 29.3 Å². The van der Waals surface area contributed by atoms with Crippen molar-refractivity contribution in [2.75, 3.05) is 25.1 Å². The van der Waals surface area contributed by atoms with E-state index in [1.165, 1.54) is 0 Å². The van der Waals surface area contributed by atoms with E-state index >= 15 is 0 Å². The number of anilines is 1. The third-order valence-electron chi connectivity index (χ3n) is 7.57. The van der Waals surface area contributed by atoms with Crippen LogP contribution in [0.1, 0.15) is 56.6 Å². The van der Waals surface area contributed by atoms with Crippen LogP contribution in [0.25, 0.3) is 0 Å². The smallest absolute Gasteiger partial charge is 0.310 e. The number of amides is 2. The summed E-state index contributed by atoms with van der Waals surface area (Å²) in [5.74, 6) is -1.56. The maximum atomic E-state index is 13.8. The van der Waals surface area contributed by atoms with E-state index in [4.69, 9.17) is 9.84 Å². The molecule has 0 saturated carbocycles. The molecule has 2 amide bonds. The van der Waals surface area contributed by atoms with Gasteiger partial charge in [0.15, 0.2) is 0 Å². The Bertz CT molecular complexity index is 953. The van der Waals surface area contributed by atoms with E-state index in [1.807, 2.05) is 32.0 Å². The van der Waals surface area contributed by atoms with Crippen LogP contribution >= 0.6 is 11.8 Å². The number of ether oxygens (including phenoxy) is 1. The molecule has 5 atom stereocenters. The van der Waals surface area contributed by atoms with Gasteiger partial charge in [0.1, 0.15) is 6.04 Å². The second-order valence-corrected chi connectivity index (χ2v) is 11.4. The van der Waals surface area contributed by atoms with E-state index in [-0.39, 0.29) is 36.2 Å². The monoisotopic (exact) mass is 488 g/mol. The number of esters is 1. The third-order valence-corrected chi connectivity index (χ3v) is 9.52. The largest absolute Gasteiger partial charge is 0.466 e. The molecule has 4 rings (SSSR count). The van der Waals surface area contributed by atoms with Crippen molar-refractivity contribution in [1.82, 2.24) is 4.90 Å². The number of likely N-dealkylation sites (tertiary alicyclic amines) is 1. The molecule has 0 aliphatic carbocycles. The van der Waals surface area contributed by atoms with Crippen molar-refractivity contribution in [3.8, 4) is 0 Å². The molecule has 2 N–H and O–H groups in total. The normalized spacial score (nSPS) is 29.4. The highest BCUT2D eigenvalue weighted by molar-refractivity contribution is 8.02. The van der Waals surface area contributed by atoms with Crippen LogP contribution in [-0.4, -0.2) is 63.6 Å². The van der Waals surface area contributed by atoms with Crippen molar-refractivity contribution in [3.63, 3.8) is 0 Å². The molecule has 3 saturated heterocycles. The lowest BCUT2D eigenvalue weighted by atomic mass is 9.71. The van der Waals surface area contributed by atoms with Crippen LogP contribution in [0.3, 0.4) is 0 Å². The minimum absolute atomic E-state index is 0.0238. The van der Waals surface area contributed by atoms with Crippen molar-refractivity contribution >= 4 is 35.2 Å². The van der Waals surface area contributed by atoms with E-state index in [0.717, 1.165) is 55.3 Å². The number of nitrogens with zero attached hydrogens (tertiary/aromatic N) is 1. The van der Waals surface area contributed by atoms with Crippen LogP contribution < -0.4 is 5.32 Å². The number of aliphatic hydroxyl groups is 1. The van der Waals surface area contributed by atoms with Gasteiger partial charge in [0.25, 0.3) is 0 Å². The molecule has 3 fully saturated rings. The standard InChI is InChI=1S/C26H36N2O5S/c1-4-33-25(32)20-19-11-12-26(34-19)21(20)24(31)28(13-7-5-6-8-14-29)22(26)23(30)27-18-15-16(2)9-10-17(18)3/h9-10,15,19-22,29H,4-8,11-14H2,1-3H3,(H,27,30)/t19-,20+,21+,22?,26?/m1/s1. The van der Waals surface area contributed by atoms with Gasteiger partial charge in [-0.3, -0.25) is 14.4 Å². The number of benzene rings is 1. The predicted molar refractivity (Wildman–Crippen MR) is 133 cm³/mol. The predicted octanol–water partition coefficient (Wildman–Crippen LogP) is 3.45. The minimum atomic E-state index is -0.614. The van der Waals surface area contributed by atoms with E-state index in [1.54, 1.807) is 23.6 Å². The number of thioether (sulfide) groups is 1. The van der Waals surface area contributed by atoms with E-state index in [0.29, 0.717) is 6.54 Å². The van der Waals surface area contributed by atoms with Gasteiger partial charge in [-0.1, -0.05) is 25.0 Å². The van der Waals surface area contributed by atoms with Gasteiger partial charge in [0.2, 0.25) is 11.8 Å². The first-order valence-electron chi connectivity index (χ1n) is 12.5. The fraction of sp³-hybridized carbons (Fsp3) is 0.654. The molecule has 3 aliphatic heterocycles. The van der Waals surface area contributed by atoms with Crippen LogP contribution in [0.15, 0.2) is 18.2 Å². The van der Waals surface area contributed by atoms with Gasteiger partial charge in [0.05, 0.1) is 23.2 Å². The molecule has 0 radical (unpaired) electrons. The molecular formula is C26H36N2O5S. The highest BCUT2D eigenvalue weighted by Gasteiger charge is 2.73. The maximum absolute atomic E-state index is 13.8. The summed E-state index contributed by atoms with van der Waals surface area (Å²) in [5.41, 5.74) is 2.79. The number of carbonyl (C=O) groups is 3. The molecule has 3 aliphatic rings. The molecule has 2 bridgehead atoms. The Hall–Kier alpha value is -2.06. The summed E-state index contributed by atoms with van der Waals surface area (Å²) in [6.45, 7) is 6.65. The lowest BCUT2D eigenvalue weighted by molar-refractivity contribution is -0.153. The Morgan fingerprint density at radius 2 is 2.00 bits per heavy atom. The quantitative estimate of drug-likeness (QED) is 0.387. The summed E-state index contributed by atoms with van der Waals surface area (Å²) in [7, 11) is 0. The molecule has 3 heterocycles. The summed E-state index contributed by atoms with van der Waals surface area (Å²) in [4.78, 5) is 42.2. The van der Waals surface area contributed by atoms with Gasteiger partial charge in [-0.05, 0) is 63.6 Å². The highest BCUT2D eigenvalue weighted by Crippen LogP contribution is 2.66. The summed E-state index contributed by atoms with van der Waals surface area (Å²) >= 11 is 1.66. The van der Waals surface area contributed by atoms with E-state index < -0.39 is 22.6 Å². The SMILES string of the molecule is CCOC(=O)[C@@H]1[C@H]2C(=O)N(CCCCCCO)C(C(=O)Nc3cc(C)ccc3C)C23CC[C@H]1S3. The Kier molecular flexibility index (Phi) is 7.57. The first kappa shape index (κ1) is 25.0. The zero-order valence-electron chi connectivity index (χ0n) is 20.3. The molecule has 7 nitrogen and oxygen atoms in total. The number of rotatable bonds is 10. The summed E-state index contributed by atoms with van der Waals surface area (Å²) in [6, 6.07) is 5.34. The van der Waals surface area contributed by atoms with E-state index in [9.17, 15) is 14.4 Å². The molecule has 1 spiro atoms. The fourth-order valence-corrected chi connectivity index (χ4v) is 8.23. The number of hydrogen-bond acceptors (Lipinski definition) is 6. The van der Waals surface area contributed by atoms with Gasteiger partial charge in [-0.15, -0.1) is 11.8 Å². The van der Waals surface area contributed by atoms with Crippen LogP contribution in [0.5, 0.6) is 0 Å². The average molecular weight is 489 g/mol. The van der Waals surface area contributed by atoms with Crippen molar-refractivity contribution < 1.29 is 24.2 Å². The van der Waals surface area contributed by atoms with E-state index in [2.05, 4.69) is 5.32 Å². The zero-order chi connectivity index (χ0) is 24.5. The first-order chi connectivity index (χ1) is 16.3. The number of hydrogen-bond donors (Lipinski definition) is 2. The molecule has 1 aromatic rings. The second kappa shape index (κ2) is 10.3. The molecule has 2 unspecified atom stereocenters. The van der Waals surface area contributed by atoms with Gasteiger partial charge < -0.3 is 20.1 Å². The molecule has 1 aromatic carbocycles. The third kappa shape index (κ3) is 4.35. The first-order valence-corrected chi connectivity index (χ1v) is 13.4. The number of aryl methyl sites for hydroxylation is 2. The summed E-state index contributed by atoms with van der Waals surface area (Å²) < 4.78 is 4.77. The second-order valence-electron chi connectivity index (χ2n) is 9.79. The fourth-order valence-electron chi connectivity index (χ4n) is 6.02. The minimum Gasteiger partial charge on any atom is -0.466 e. The lowest BCUT2D eigenvalue weighted by Gasteiger charge is -2.34. The molecular weight excluding hydrogens is 452 g/mol. The van der Waals surface area contributed by atoms with Gasteiger partial charge in [0, 0.05) is 24.1 Å². The molecule has 8 heteroatoms. The maximum Gasteiger partial charge on any atom is 0.310 e. The number of carbonyl (C=O) groups excluding carboxylic acids is 3. The van der Waals surface area contributed by atoms with Gasteiger partial charge in [-0.2, -0.15) is 0 Å². The number of aliphatic hydroxyl groups excluding tert-OH is 1. The Labute approximate surface area is 206 Å². The van der Waals surface area contributed by atoms with Crippen LogP contribution in [0.4, 0.5) is 5.69 Å². The van der Waals surface area contributed by atoms with Gasteiger partial charge >= 0.3 is 5.97 Å². The Balaban J connectivity index is 1.63. The number of nitrogens with one attached hydrogen (secondary N) is 1. The molecule has 0 aromatic heterocycles. The van der Waals surface area contributed by atoms with Crippen molar-refractivity contribution in [2.24, 2.45) is 11.8 Å². The topological polar surface area (TPSA) is 95.9 Å². The van der Waals surface area contributed by atoms with Crippen LogP contribution in [0.2, 0.25) is 0 Å². The zero-order valence-corrected chi connectivity index (χ0v) is 21.2. The number of unbranched alkanes of at least 4 members (excludes halogenated alkanes) is 3. The van der Waals surface area contributed by atoms with Crippen LogP contribution in [0, 0.1) is 25.7 Å². The summed E-state index contributed by atoms with van der Waals surface area (Å²) in [6.07, 6.45) is 4.83. The molecule has 34 heavy (non-hydrogen) atoms.